The molecule has 0 spiro atoms. The van der Waals surface area contributed by atoms with Gasteiger partial charge in [0.15, 0.2) is 5.79 Å². The number of carbonyl (C=O) groups is 2. The average Bonchev–Trinajstić information content (AvgIpc) is 3.56. The first-order valence-corrected chi connectivity index (χ1v) is 16.2. The molecule has 0 saturated carbocycles. The van der Waals surface area contributed by atoms with Crippen LogP contribution in [0.15, 0.2) is 59.5 Å². The molecule has 2 saturated heterocycles. The number of fused-ring (bicyclic) bond motifs is 1. The molecule has 0 bridgehead atoms. The van der Waals surface area contributed by atoms with E-state index < -0.39 is 46.1 Å². The van der Waals surface area contributed by atoms with E-state index in [9.17, 15) is 18.0 Å². The molecular weight excluding hydrogens is 590 g/mol. The number of nitrogens with zero attached hydrogens (tertiary/aromatic N) is 1. The summed E-state index contributed by atoms with van der Waals surface area (Å²) in [4.78, 5) is 25.8. The second-order valence-corrected chi connectivity index (χ2v) is 13.4. The number of sulfonamides is 1. The molecule has 0 unspecified atom stereocenters. The summed E-state index contributed by atoms with van der Waals surface area (Å²) >= 11 is 0. The van der Waals surface area contributed by atoms with Gasteiger partial charge in [0.05, 0.1) is 43.7 Å². The topological polar surface area (TPSA) is 156 Å². The van der Waals surface area contributed by atoms with Crippen LogP contribution in [0.25, 0.3) is 0 Å². The van der Waals surface area contributed by atoms with Gasteiger partial charge >= 0.3 is 12.1 Å². The predicted molar refractivity (Wildman–Crippen MR) is 161 cm³/mol. The zero-order valence-corrected chi connectivity index (χ0v) is 26.5. The van der Waals surface area contributed by atoms with Crippen molar-refractivity contribution < 1.29 is 41.7 Å². The van der Waals surface area contributed by atoms with Crippen LogP contribution in [0.5, 0.6) is 5.75 Å². The Bertz CT molecular complexity index is 1360. The van der Waals surface area contributed by atoms with Gasteiger partial charge in [-0.05, 0) is 48.6 Å². The van der Waals surface area contributed by atoms with Crippen molar-refractivity contribution in [2.45, 2.75) is 62.5 Å². The number of amides is 1. The molecule has 2 aliphatic heterocycles. The molecular formula is C31H43N3O9S. The molecule has 0 aromatic heterocycles. The van der Waals surface area contributed by atoms with Crippen molar-refractivity contribution in [3.05, 3.63) is 60.2 Å². The Labute approximate surface area is 259 Å². The van der Waals surface area contributed by atoms with E-state index in [0.717, 1.165) is 5.56 Å². The number of benzene rings is 2. The SMILES string of the molecule is COc1ccc(S(=O)(=O)N(CC(C)C)C[C@@H](OC(C)=O)[C@H](Cc2ccccc2)NC(=O)O[C@H]2CO[C@@]3(CN)OCC[C@@H]23)cc1. The molecule has 242 valence electrons. The molecule has 3 N–H and O–H groups in total. The van der Waals surface area contributed by atoms with Crippen LogP contribution in [0, 0.1) is 11.8 Å². The average molecular weight is 634 g/mol. The third-order valence-corrected chi connectivity index (χ3v) is 9.69. The van der Waals surface area contributed by atoms with Crippen LogP contribution in [-0.2, 0) is 40.2 Å². The van der Waals surface area contributed by atoms with Gasteiger partial charge in [0.1, 0.15) is 18.0 Å². The molecule has 2 heterocycles. The van der Waals surface area contributed by atoms with Gasteiger partial charge in [-0.3, -0.25) is 4.79 Å². The van der Waals surface area contributed by atoms with Crippen molar-refractivity contribution in [3.63, 3.8) is 0 Å². The van der Waals surface area contributed by atoms with Crippen LogP contribution in [0.2, 0.25) is 0 Å². The highest BCUT2D eigenvalue weighted by Crippen LogP contribution is 2.41. The lowest BCUT2D eigenvalue weighted by Crippen LogP contribution is -2.53. The molecule has 0 aliphatic carbocycles. The second kappa shape index (κ2) is 14.7. The van der Waals surface area contributed by atoms with E-state index in [1.807, 2.05) is 44.2 Å². The van der Waals surface area contributed by atoms with E-state index in [1.54, 1.807) is 12.1 Å². The zero-order valence-electron chi connectivity index (χ0n) is 25.6. The Morgan fingerprint density at radius 1 is 1.09 bits per heavy atom. The third-order valence-electron chi connectivity index (χ3n) is 7.84. The Hall–Kier alpha value is -3.23. The molecule has 12 nitrogen and oxygen atoms in total. The first kappa shape index (κ1) is 33.7. The minimum Gasteiger partial charge on any atom is -0.497 e. The number of rotatable bonds is 14. The van der Waals surface area contributed by atoms with Crippen LogP contribution >= 0.6 is 0 Å². The van der Waals surface area contributed by atoms with Crippen molar-refractivity contribution in [1.82, 2.24) is 9.62 Å². The van der Waals surface area contributed by atoms with Crippen LogP contribution in [0.1, 0.15) is 32.8 Å². The van der Waals surface area contributed by atoms with Gasteiger partial charge in [0.25, 0.3) is 0 Å². The largest absolute Gasteiger partial charge is 0.497 e. The third kappa shape index (κ3) is 8.07. The van der Waals surface area contributed by atoms with Crippen LogP contribution < -0.4 is 15.8 Å². The molecule has 2 fully saturated rings. The second-order valence-electron chi connectivity index (χ2n) is 11.5. The van der Waals surface area contributed by atoms with Crippen molar-refractivity contribution in [3.8, 4) is 5.75 Å². The highest BCUT2D eigenvalue weighted by Gasteiger charge is 2.55. The van der Waals surface area contributed by atoms with Crippen LogP contribution in [0.3, 0.4) is 0 Å². The normalized spacial score (nSPS) is 22.8. The molecule has 2 aromatic rings. The van der Waals surface area contributed by atoms with E-state index in [0.29, 0.717) is 18.8 Å². The summed E-state index contributed by atoms with van der Waals surface area (Å²) in [5.74, 6) is -1.34. The Kier molecular flexibility index (Phi) is 11.2. The van der Waals surface area contributed by atoms with E-state index in [-0.39, 0.29) is 49.4 Å². The van der Waals surface area contributed by atoms with Gasteiger partial charge in [0.2, 0.25) is 10.0 Å². The van der Waals surface area contributed by atoms with E-state index in [2.05, 4.69) is 5.32 Å². The minimum absolute atomic E-state index is 0.0506. The first-order valence-electron chi connectivity index (χ1n) is 14.8. The standard InChI is InChI=1S/C31H43N3O9S/c1-21(2)17-34(44(37,38)25-12-10-24(39-4)11-13-25)18-28(42-22(3)35)27(16-23-8-6-5-7-9-23)33-30(36)43-29-19-41-31(20-32)26(29)14-15-40-31/h5-13,21,26-29H,14-20,32H2,1-4H3,(H,33,36)/t26-,27-,28+,29-,31+/m0/s1. The number of alkyl carbamates (subject to hydrolysis) is 1. The summed E-state index contributed by atoms with van der Waals surface area (Å²) in [5.41, 5.74) is 6.76. The number of nitrogens with one attached hydrogen (secondary N) is 1. The van der Waals surface area contributed by atoms with Crippen molar-refractivity contribution in [1.29, 1.82) is 0 Å². The molecule has 2 aromatic carbocycles. The maximum atomic E-state index is 13.9. The summed E-state index contributed by atoms with van der Waals surface area (Å²) in [5, 5.41) is 2.87. The van der Waals surface area contributed by atoms with Gasteiger partial charge in [-0.2, -0.15) is 4.31 Å². The fourth-order valence-corrected chi connectivity index (χ4v) is 7.35. The monoisotopic (exact) mass is 633 g/mol. The van der Waals surface area contributed by atoms with Gasteiger partial charge < -0.3 is 34.7 Å². The van der Waals surface area contributed by atoms with Gasteiger partial charge in [-0.1, -0.05) is 44.2 Å². The summed E-state index contributed by atoms with van der Waals surface area (Å²) in [6, 6.07) is 14.6. The van der Waals surface area contributed by atoms with E-state index in [1.165, 1.54) is 30.5 Å². The van der Waals surface area contributed by atoms with E-state index in [4.69, 9.17) is 29.4 Å². The Morgan fingerprint density at radius 2 is 1.80 bits per heavy atom. The maximum Gasteiger partial charge on any atom is 0.407 e. The van der Waals surface area contributed by atoms with Crippen molar-refractivity contribution in [2.24, 2.45) is 17.6 Å². The number of esters is 1. The number of hydrogen-bond donors (Lipinski definition) is 2. The summed E-state index contributed by atoms with van der Waals surface area (Å²) in [6.07, 6.45) is -1.51. The van der Waals surface area contributed by atoms with Gasteiger partial charge in [-0.15, -0.1) is 0 Å². The summed E-state index contributed by atoms with van der Waals surface area (Å²) < 4.78 is 57.3. The number of ether oxygens (including phenoxy) is 5. The lowest BCUT2D eigenvalue weighted by molar-refractivity contribution is -0.187. The molecule has 44 heavy (non-hydrogen) atoms. The van der Waals surface area contributed by atoms with E-state index >= 15 is 0 Å². The first-order chi connectivity index (χ1) is 21.0. The minimum atomic E-state index is -4.02. The van der Waals surface area contributed by atoms with Crippen molar-refractivity contribution in [2.75, 3.05) is 40.0 Å². The molecule has 5 atom stereocenters. The van der Waals surface area contributed by atoms with Gasteiger partial charge in [-0.25, -0.2) is 13.2 Å². The maximum absolute atomic E-state index is 13.9. The lowest BCUT2D eigenvalue weighted by atomic mass is 9.95. The molecule has 1 amide bonds. The zero-order chi connectivity index (χ0) is 31.9. The molecule has 13 heteroatoms. The molecule has 4 rings (SSSR count). The Morgan fingerprint density at radius 3 is 2.41 bits per heavy atom. The molecule has 2 aliphatic rings. The fraction of sp³-hybridized carbons (Fsp3) is 0.548. The summed E-state index contributed by atoms with van der Waals surface area (Å²) in [7, 11) is -2.53. The van der Waals surface area contributed by atoms with Crippen LogP contribution in [-0.4, -0.2) is 88.8 Å². The quantitative estimate of drug-likeness (QED) is 0.297. The number of carbonyl (C=O) groups excluding carboxylic acids is 2. The smallest absolute Gasteiger partial charge is 0.407 e. The number of hydrogen-bond acceptors (Lipinski definition) is 10. The Balaban J connectivity index is 1.61. The highest BCUT2D eigenvalue weighted by molar-refractivity contribution is 7.89. The summed E-state index contributed by atoms with van der Waals surface area (Å²) in [6.45, 7) is 5.70. The fourth-order valence-electron chi connectivity index (χ4n) is 5.73. The highest BCUT2D eigenvalue weighted by atomic mass is 32.2. The number of methoxy groups -OCH3 is 1. The number of nitrogens with two attached hydrogens (primary N) is 1. The lowest BCUT2D eigenvalue weighted by Gasteiger charge is -2.33. The predicted octanol–water partition coefficient (Wildman–Crippen LogP) is 2.70. The molecule has 0 radical (unpaired) electrons. The van der Waals surface area contributed by atoms with Gasteiger partial charge in [0, 0.05) is 20.0 Å². The van der Waals surface area contributed by atoms with Crippen molar-refractivity contribution >= 4 is 22.1 Å². The van der Waals surface area contributed by atoms with Crippen LogP contribution in [0.4, 0.5) is 4.79 Å².